The molecule has 0 aliphatic heterocycles. The summed E-state index contributed by atoms with van der Waals surface area (Å²) < 4.78 is 22.3. The molecule has 0 unspecified atom stereocenters. The third kappa shape index (κ3) is 4.26. The van der Waals surface area contributed by atoms with Crippen molar-refractivity contribution in [2.75, 3.05) is 5.75 Å². The van der Waals surface area contributed by atoms with Crippen molar-refractivity contribution in [1.82, 2.24) is 9.97 Å². The van der Waals surface area contributed by atoms with E-state index in [9.17, 15) is 18.0 Å². The summed E-state index contributed by atoms with van der Waals surface area (Å²) in [5, 5.41) is 5.35. The maximum atomic E-state index is 12.0. The lowest BCUT2D eigenvalue weighted by Crippen LogP contribution is -2.12. The molecular weight excluding hydrogens is 326 g/mol. The minimum absolute atomic E-state index is 0.0543. The Balaban J connectivity index is 2.08. The molecule has 9 heteroatoms. The number of carbonyl (C=O) groups excluding carboxylic acids is 1. The zero-order valence-corrected chi connectivity index (χ0v) is 13.2. The van der Waals surface area contributed by atoms with Crippen molar-refractivity contribution < 1.29 is 13.2 Å². The minimum atomic E-state index is -3.78. The number of hydrogen-bond acceptors (Lipinski definition) is 6. The number of ketones is 1. The van der Waals surface area contributed by atoms with Crippen LogP contribution in [0.1, 0.15) is 16.1 Å². The molecule has 0 fully saturated rings. The molecule has 0 aliphatic rings. The number of thioether (sulfide) groups is 1. The first-order valence-corrected chi connectivity index (χ1v) is 8.66. The molecule has 116 valence electrons. The van der Waals surface area contributed by atoms with Gasteiger partial charge in [-0.1, -0.05) is 23.9 Å². The van der Waals surface area contributed by atoms with Gasteiger partial charge in [0.25, 0.3) is 5.56 Å². The van der Waals surface area contributed by atoms with Crippen LogP contribution in [0.4, 0.5) is 0 Å². The third-order valence-electron chi connectivity index (χ3n) is 2.69. The Morgan fingerprint density at radius 2 is 1.95 bits per heavy atom. The van der Waals surface area contributed by atoms with Crippen molar-refractivity contribution in [2.24, 2.45) is 5.14 Å². The monoisotopic (exact) mass is 339 g/mol. The zero-order valence-electron chi connectivity index (χ0n) is 11.6. The van der Waals surface area contributed by atoms with Crippen molar-refractivity contribution in [2.45, 2.75) is 17.0 Å². The number of aromatic nitrogens is 2. The number of aryl methyl sites for hydroxylation is 1. The fourth-order valence-corrected chi connectivity index (χ4v) is 3.00. The van der Waals surface area contributed by atoms with Crippen LogP contribution in [-0.2, 0) is 10.0 Å². The van der Waals surface area contributed by atoms with Gasteiger partial charge in [0.1, 0.15) is 0 Å². The average Bonchev–Trinajstić information content (AvgIpc) is 2.43. The van der Waals surface area contributed by atoms with Gasteiger partial charge in [-0.05, 0) is 19.1 Å². The second-order valence-corrected chi connectivity index (χ2v) is 7.00. The highest BCUT2D eigenvalue weighted by molar-refractivity contribution is 7.99. The first kappa shape index (κ1) is 16.4. The highest BCUT2D eigenvalue weighted by Gasteiger charge is 2.11. The lowest BCUT2D eigenvalue weighted by molar-refractivity contribution is 0.102. The first-order chi connectivity index (χ1) is 10.3. The minimum Gasteiger partial charge on any atom is -0.301 e. The number of Topliss-reactive ketones (excluding diaryl/α,β-unsaturated/α-hetero) is 1. The molecule has 1 heterocycles. The van der Waals surface area contributed by atoms with E-state index in [1.807, 2.05) is 0 Å². The topological polar surface area (TPSA) is 123 Å². The molecule has 0 radical (unpaired) electrons. The van der Waals surface area contributed by atoms with Crippen molar-refractivity contribution in [3.05, 3.63) is 51.9 Å². The SMILES string of the molecule is Cc1cc(=O)[nH]c(SCC(=O)c2ccc(S(N)(=O)=O)cc2)n1. The maximum absolute atomic E-state index is 12.0. The molecule has 22 heavy (non-hydrogen) atoms. The van der Waals surface area contributed by atoms with Gasteiger partial charge in [-0.2, -0.15) is 0 Å². The zero-order chi connectivity index (χ0) is 16.3. The van der Waals surface area contributed by atoms with Crippen molar-refractivity contribution >= 4 is 27.6 Å². The van der Waals surface area contributed by atoms with Gasteiger partial charge in [0.2, 0.25) is 10.0 Å². The van der Waals surface area contributed by atoms with Crippen molar-refractivity contribution in [3.8, 4) is 0 Å². The summed E-state index contributed by atoms with van der Waals surface area (Å²) in [5.74, 6) is -0.142. The molecule has 1 aromatic carbocycles. The number of nitrogens with zero attached hydrogens (tertiary/aromatic N) is 1. The smallest absolute Gasteiger partial charge is 0.251 e. The quantitative estimate of drug-likeness (QED) is 0.469. The van der Waals surface area contributed by atoms with Gasteiger partial charge >= 0.3 is 0 Å². The molecule has 0 aliphatic carbocycles. The molecule has 2 rings (SSSR count). The molecule has 0 bridgehead atoms. The largest absolute Gasteiger partial charge is 0.301 e. The highest BCUT2D eigenvalue weighted by atomic mass is 32.2. The summed E-state index contributed by atoms with van der Waals surface area (Å²) in [5.41, 5.74) is 0.644. The van der Waals surface area contributed by atoms with Crippen molar-refractivity contribution in [3.63, 3.8) is 0 Å². The second kappa shape index (κ2) is 6.42. The van der Waals surface area contributed by atoms with E-state index >= 15 is 0 Å². The lowest BCUT2D eigenvalue weighted by Gasteiger charge is -2.03. The Labute approximate surface area is 131 Å². The number of sulfonamides is 1. The van der Waals surface area contributed by atoms with E-state index in [0.29, 0.717) is 16.4 Å². The third-order valence-corrected chi connectivity index (χ3v) is 4.50. The van der Waals surface area contributed by atoms with Gasteiger partial charge in [-0.3, -0.25) is 9.59 Å². The Morgan fingerprint density at radius 1 is 1.32 bits per heavy atom. The summed E-state index contributed by atoms with van der Waals surface area (Å²) >= 11 is 1.10. The van der Waals surface area contributed by atoms with Crippen LogP contribution in [0.3, 0.4) is 0 Å². The van der Waals surface area contributed by atoms with Crippen LogP contribution < -0.4 is 10.7 Å². The van der Waals surface area contributed by atoms with E-state index in [-0.39, 0.29) is 22.0 Å². The van der Waals surface area contributed by atoms with Gasteiger partial charge < -0.3 is 4.98 Å². The van der Waals surface area contributed by atoms with E-state index in [0.717, 1.165) is 11.8 Å². The van der Waals surface area contributed by atoms with E-state index in [4.69, 9.17) is 5.14 Å². The lowest BCUT2D eigenvalue weighted by atomic mass is 10.1. The number of nitrogens with two attached hydrogens (primary N) is 1. The average molecular weight is 339 g/mol. The number of carbonyl (C=O) groups is 1. The van der Waals surface area contributed by atoms with E-state index in [1.165, 1.54) is 30.3 Å². The van der Waals surface area contributed by atoms with Crippen molar-refractivity contribution in [1.29, 1.82) is 0 Å². The van der Waals surface area contributed by atoms with Gasteiger partial charge in [0, 0.05) is 17.3 Å². The summed E-state index contributed by atoms with van der Waals surface area (Å²) in [6.07, 6.45) is 0. The molecule has 7 nitrogen and oxygen atoms in total. The molecule has 0 atom stereocenters. The number of hydrogen-bond donors (Lipinski definition) is 2. The Kier molecular flexibility index (Phi) is 4.79. The summed E-state index contributed by atoms with van der Waals surface area (Å²) in [6, 6.07) is 6.71. The van der Waals surface area contributed by atoms with E-state index in [2.05, 4.69) is 9.97 Å². The van der Waals surface area contributed by atoms with Gasteiger partial charge in [0.05, 0.1) is 10.6 Å². The number of aromatic amines is 1. The van der Waals surface area contributed by atoms with Crippen LogP contribution in [0.25, 0.3) is 0 Å². The molecule has 0 spiro atoms. The number of rotatable bonds is 5. The summed E-state index contributed by atoms with van der Waals surface area (Å²) in [7, 11) is -3.78. The van der Waals surface area contributed by atoms with Gasteiger partial charge in [-0.25, -0.2) is 18.5 Å². The van der Waals surface area contributed by atoms with Crippen LogP contribution in [-0.4, -0.2) is 29.9 Å². The van der Waals surface area contributed by atoms with Gasteiger partial charge in [-0.15, -0.1) is 0 Å². The molecule has 0 amide bonds. The first-order valence-electron chi connectivity index (χ1n) is 6.12. The molecule has 3 N–H and O–H groups in total. The van der Waals surface area contributed by atoms with Crippen LogP contribution in [0, 0.1) is 6.92 Å². The number of primary sulfonamides is 1. The van der Waals surface area contributed by atoms with Crippen LogP contribution in [0.15, 0.2) is 45.2 Å². The number of H-pyrrole nitrogens is 1. The standard InChI is InChI=1S/C13H13N3O4S2/c1-8-6-12(18)16-13(15-8)21-7-11(17)9-2-4-10(5-3-9)22(14,19)20/h2-6H,7H2,1H3,(H2,14,19,20)(H,15,16,18). The van der Waals surface area contributed by atoms with Gasteiger partial charge in [0.15, 0.2) is 10.9 Å². The molecular formula is C13H13N3O4S2. The van der Waals surface area contributed by atoms with Crippen LogP contribution in [0.5, 0.6) is 0 Å². The van der Waals surface area contributed by atoms with Crippen LogP contribution >= 0.6 is 11.8 Å². The number of nitrogens with one attached hydrogen (secondary N) is 1. The Hall–Kier alpha value is -1.97. The maximum Gasteiger partial charge on any atom is 0.251 e. The molecule has 0 saturated heterocycles. The second-order valence-electron chi connectivity index (χ2n) is 4.47. The predicted octanol–water partition coefficient (Wildman–Crippen LogP) is 0.701. The highest BCUT2D eigenvalue weighted by Crippen LogP contribution is 2.15. The number of benzene rings is 1. The predicted molar refractivity (Wildman–Crippen MR) is 82.5 cm³/mol. The van der Waals surface area contributed by atoms with E-state index in [1.54, 1.807) is 6.92 Å². The Morgan fingerprint density at radius 3 is 2.50 bits per heavy atom. The molecule has 0 saturated carbocycles. The summed E-state index contributed by atoms with van der Waals surface area (Å²) in [4.78, 5) is 29.9. The fourth-order valence-electron chi connectivity index (χ4n) is 1.67. The van der Waals surface area contributed by atoms with Crippen LogP contribution in [0.2, 0.25) is 0 Å². The molecule has 1 aromatic heterocycles. The molecule has 2 aromatic rings. The Bertz CT molecular complexity index is 858. The fraction of sp³-hybridized carbons (Fsp3) is 0.154. The summed E-state index contributed by atoms with van der Waals surface area (Å²) in [6.45, 7) is 1.69. The normalized spacial score (nSPS) is 11.4. The van der Waals surface area contributed by atoms with E-state index < -0.39 is 10.0 Å².